The lowest BCUT2D eigenvalue weighted by molar-refractivity contribution is -0.130. The van der Waals surface area contributed by atoms with Crippen LogP contribution in [0.4, 0.5) is 0 Å². The molecule has 0 aromatic carbocycles. The molecule has 1 atom stereocenters. The summed E-state index contributed by atoms with van der Waals surface area (Å²) >= 11 is 1.80. The number of ether oxygens (including phenoxy) is 1. The zero-order chi connectivity index (χ0) is 17.3. The number of aliphatic imine (C=N–C) groups is 1. The van der Waals surface area contributed by atoms with Crippen LogP contribution >= 0.6 is 11.3 Å². The maximum atomic E-state index is 12.6. The molecule has 4 rings (SSSR count). The molecular formula is C18H26N4O2S. The van der Waals surface area contributed by atoms with Crippen LogP contribution in [-0.4, -0.2) is 68.1 Å². The second kappa shape index (κ2) is 6.96. The maximum Gasteiger partial charge on any atom is 0.242 e. The molecule has 0 radical (unpaired) electrons. The van der Waals surface area contributed by atoms with E-state index in [1.165, 1.54) is 10.4 Å². The Labute approximate surface area is 152 Å². The summed E-state index contributed by atoms with van der Waals surface area (Å²) in [4.78, 5) is 22.6. The first-order valence-corrected chi connectivity index (χ1v) is 9.93. The Morgan fingerprint density at radius 3 is 3.12 bits per heavy atom. The fraction of sp³-hybridized carbons (Fsp3) is 0.667. The molecule has 1 spiro atoms. The molecule has 0 saturated carbocycles. The second-order valence-corrected chi connectivity index (χ2v) is 8.31. The number of fused-ring (bicyclic) bond motifs is 1. The first-order chi connectivity index (χ1) is 12.2. The topological polar surface area (TPSA) is 57.2 Å². The van der Waals surface area contributed by atoms with E-state index in [1.54, 1.807) is 18.4 Å². The van der Waals surface area contributed by atoms with Gasteiger partial charge in [0, 0.05) is 50.1 Å². The van der Waals surface area contributed by atoms with Crippen molar-refractivity contribution in [3.63, 3.8) is 0 Å². The smallest absolute Gasteiger partial charge is 0.242 e. The summed E-state index contributed by atoms with van der Waals surface area (Å²) in [6.45, 7) is 5.56. The fourth-order valence-corrected chi connectivity index (χ4v) is 5.04. The van der Waals surface area contributed by atoms with Crippen LogP contribution in [0.2, 0.25) is 0 Å². The summed E-state index contributed by atoms with van der Waals surface area (Å²) in [7, 11) is 1.79. The summed E-state index contributed by atoms with van der Waals surface area (Å²) in [6.07, 6.45) is 3.26. The Morgan fingerprint density at radius 1 is 1.40 bits per heavy atom. The number of hydrogen-bond donors (Lipinski definition) is 1. The van der Waals surface area contributed by atoms with Crippen LogP contribution in [0.5, 0.6) is 0 Å². The van der Waals surface area contributed by atoms with Gasteiger partial charge in [-0.15, -0.1) is 11.3 Å². The quantitative estimate of drug-likeness (QED) is 0.637. The van der Waals surface area contributed by atoms with Gasteiger partial charge in [0.05, 0.1) is 13.2 Å². The molecule has 0 bridgehead atoms. The van der Waals surface area contributed by atoms with E-state index in [0.717, 1.165) is 64.6 Å². The summed E-state index contributed by atoms with van der Waals surface area (Å²) in [5.74, 6) is 0.987. The van der Waals surface area contributed by atoms with Gasteiger partial charge in [-0.25, -0.2) is 0 Å². The van der Waals surface area contributed by atoms with Crippen LogP contribution in [0.3, 0.4) is 0 Å². The Morgan fingerprint density at radius 2 is 2.32 bits per heavy atom. The zero-order valence-electron chi connectivity index (χ0n) is 14.8. The molecule has 7 heteroatoms. The predicted octanol–water partition coefficient (Wildman–Crippen LogP) is 1.32. The standard InChI is InChI=1S/C18H26N4O2S/c1-19-17(22-7-4-18(12-22)5-8-24-13-18)20-10-16(23)21-6-2-15-14(11-21)3-9-25-15/h3,9H,2,4-8,10-13H2,1H3,(H,19,20). The van der Waals surface area contributed by atoms with E-state index in [4.69, 9.17) is 4.74 Å². The number of nitrogens with zero attached hydrogens (tertiary/aromatic N) is 3. The van der Waals surface area contributed by atoms with E-state index < -0.39 is 0 Å². The minimum absolute atomic E-state index is 0.149. The van der Waals surface area contributed by atoms with Crippen molar-refractivity contribution < 1.29 is 9.53 Å². The van der Waals surface area contributed by atoms with E-state index in [9.17, 15) is 4.79 Å². The summed E-state index contributed by atoms with van der Waals surface area (Å²) in [6, 6.07) is 2.14. The molecule has 6 nitrogen and oxygen atoms in total. The van der Waals surface area contributed by atoms with E-state index in [2.05, 4.69) is 26.7 Å². The first kappa shape index (κ1) is 16.8. The number of nitrogens with one attached hydrogen (secondary N) is 1. The third-order valence-corrected chi connectivity index (χ3v) is 6.72. The summed E-state index contributed by atoms with van der Waals surface area (Å²) < 4.78 is 5.60. The SMILES string of the molecule is CN=C(NCC(=O)N1CCc2sccc2C1)N1CCC2(CCOC2)C1. The molecule has 3 aliphatic rings. The molecule has 3 aliphatic heterocycles. The van der Waals surface area contributed by atoms with Crippen molar-refractivity contribution >= 4 is 23.2 Å². The summed E-state index contributed by atoms with van der Waals surface area (Å²) in [5, 5.41) is 5.40. The lowest BCUT2D eigenvalue weighted by Crippen LogP contribution is -2.47. The third kappa shape index (κ3) is 3.40. The van der Waals surface area contributed by atoms with Crippen molar-refractivity contribution in [3.05, 3.63) is 21.9 Å². The molecule has 1 aromatic heterocycles. The van der Waals surface area contributed by atoms with E-state index in [0.29, 0.717) is 12.0 Å². The number of likely N-dealkylation sites (tertiary alicyclic amines) is 1. The summed E-state index contributed by atoms with van der Waals surface area (Å²) in [5.41, 5.74) is 1.60. The molecule has 1 N–H and O–H groups in total. The number of amides is 1. The van der Waals surface area contributed by atoms with Gasteiger partial charge in [0.1, 0.15) is 0 Å². The van der Waals surface area contributed by atoms with Crippen LogP contribution < -0.4 is 5.32 Å². The van der Waals surface area contributed by atoms with Gasteiger partial charge in [0.2, 0.25) is 5.91 Å². The molecule has 2 fully saturated rings. The van der Waals surface area contributed by atoms with Crippen molar-refractivity contribution in [1.82, 2.24) is 15.1 Å². The molecule has 25 heavy (non-hydrogen) atoms. The van der Waals surface area contributed by atoms with Gasteiger partial charge in [-0.05, 0) is 36.3 Å². The number of carbonyl (C=O) groups excluding carboxylic acids is 1. The third-order valence-electron chi connectivity index (χ3n) is 5.69. The number of carbonyl (C=O) groups is 1. The molecule has 4 heterocycles. The largest absolute Gasteiger partial charge is 0.381 e. The Balaban J connectivity index is 1.30. The van der Waals surface area contributed by atoms with E-state index >= 15 is 0 Å². The van der Waals surface area contributed by atoms with Gasteiger partial charge in [-0.3, -0.25) is 9.79 Å². The first-order valence-electron chi connectivity index (χ1n) is 9.05. The highest BCUT2D eigenvalue weighted by Gasteiger charge is 2.42. The predicted molar refractivity (Wildman–Crippen MR) is 98.9 cm³/mol. The highest BCUT2D eigenvalue weighted by atomic mass is 32.1. The van der Waals surface area contributed by atoms with Crippen molar-refractivity contribution in [2.24, 2.45) is 10.4 Å². The van der Waals surface area contributed by atoms with Crippen LogP contribution in [0.1, 0.15) is 23.3 Å². The molecule has 2 saturated heterocycles. The van der Waals surface area contributed by atoms with Gasteiger partial charge in [0.15, 0.2) is 5.96 Å². The zero-order valence-corrected chi connectivity index (χ0v) is 15.6. The highest BCUT2D eigenvalue weighted by Crippen LogP contribution is 2.38. The normalized spacial score (nSPS) is 26.4. The number of guanidine groups is 1. The minimum atomic E-state index is 0.149. The van der Waals surface area contributed by atoms with Crippen LogP contribution in [-0.2, 0) is 22.5 Å². The Hall–Kier alpha value is -1.60. The van der Waals surface area contributed by atoms with E-state index in [1.807, 2.05) is 4.90 Å². The molecule has 1 aromatic rings. The van der Waals surface area contributed by atoms with Gasteiger partial charge in [-0.2, -0.15) is 0 Å². The molecule has 0 aliphatic carbocycles. The average molecular weight is 362 g/mol. The molecule has 1 unspecified atom stereocenters. The number of thiophene rings is 1. The maximum absolute atomic E-state index is 12.6. The minimum Gasteiger partial charge on any atom is -0.381 e. The highest BCUT2D eigenvalue weighted by molar-refractivity contribution is 7.10. The Kier molecular flexibility index (Phi) is 4.69. The van der Waals surface area contributed by atoms with E-state index in [-0.39, 0.29) is 5.91 Å². The van der Waals surface area contributed by atoms with Gasteiger partial charge in [0.25, 0.3) is 0 Å². The lowest BCUT2D eigenvalue weighted by Gasteiger charge is -2.28. The Bertz CT molecular complexity index is 666. The van der Waals surface area contributed by atoms with Crippen molar-refractivity contribution in [1.29, 1.82) is 0 Å². The lowest BCUT2D eigenvalue weighted by atomic mass is 9.87. The number of hydrogen-bond acceptors (Lipinski definition) is 4. The average Bonchev–Trinajstić information content (AvgIpc) is 3.37. The molecular weight excluding hydrogens is 336 g/mol. The van der Waals surface area contributed by atoms with Gasteiger partial charge >= 0.3 is 0 Å². The second-order valence-electron chi connectivity index (χ2n) is 7.31. The van der Waals surface area contributed by atoms with Crippen LogP contribution in [0.15, 0.2) is 16.4 Å². The molecule has 1 amide bonds. The van der Waals surface area contributed by atoms with Crippen molar-refractivity contribution in [3.8, 4) is 0 Å². The van der Waals surface area contributed by atoms with Crippen molar-refractivity contribution in [2.45, 2.75) is 25.8 Å². The van der Waals surface area contributed by atoms with Crippen molar-refractivity contribution in [2.75, 3.05) is 46.4 Å². The monoisotopic (exact) mass is 362 g/mol. The molecule has 136 valence electrons. The van der Waals surface area contributed by atoms with Crippen LogP contribution in [0, 0.1) is 5.41 Å². The van der Waals surface area contributed by atoms with Crippen LogP contribution in [0.25, 0.3) is 0 Å². The van der Waals surface area contributed by atoms with Gasteiger partial charge in [-0.1, -0.05) is 0 Å². The van der Waals surface area contributed by atoms with Gasteiger partial charge < -0.3 is 19.9 Å². The number of rotatable bonds is 2. The fourth-order valence-electron chi connectivity index (χ4n) is 4.15.